The highest BCUT2D eigenvalue weighted by atomic mass is 32.1. The van der Waals surface area contributed by atoms with Crippen LogP contribution in [0.2, 0.25) is 0 Å². The zero-order valence-corrected chi connectivity index (χ0v) is 12.4. The molecule has 104 valence electrons. The summed E-state index contributed by atoms with van der Waals surface area (Å²) in [6.45, 7) is 1.98. The fourth-order valence-corrected chi connectivity index (χ4v) is 2.49. The lowest BCUT2D eigenvalue weighted by Gasteiger charge is -2.09. The van der Waals surface area contributed by atoms with Crippen molar-refractivity contribution in [3.05, 3.63) is 71.8 Å². The van der Waals surface area contributed by atoms with E-state index < -0.39 is 0 Å². The first-order valence-corrected chi connectivity index (χ1v) is 7.09. The van der Waals surface area contributed by atoms with Crippen molar-refractivity contribution >= 4 is 29.4 Å². The molecule has 0 fully saturated rings. The zero-order valence-electron chi connectivity index (χ0n) is 11.5. The molecule has 0 saturated carbocycles. The van der Waals surface area contributed by atoms with E-state index in [0.717, 1.165) is 16.3 Å². The summed E-state index contributed by atoms with van der Waals surface area (Å²) in [6.07, 6.45) is 0. The Labute approximate surface area is 128 Å². The minimum Gasteiger partial charge on any atom is -0.422 e. The van der Waals surface area contributed by atoms with Crippen molar-refractivity contribution in [3.8, 4) is 5.75 Å². The van der Waals surface area contributed by atoms with Gasteiger partial charge in [0.05, 0.1) is 10.5 Å². The van der Waals surface area contributed by atoms with Crippen molar-refractivity contribution in [2.24, 2.45) is 0 Å². The van der Waals surface area contributed by atoms with Gasteiger partial charge in [-0.15, -0.1) is 12.6 Å². The van der Waals surface area contributed by atoms with E-state index in [2.05, 4.69) is 12.6 Å². The van der Waals surface area contributed by atoms with Gasteiger partial charge < -0.3 is 4.74 Å². The summed E-state index contributed by atoms with van der Waals surface area (Å²) in [5.74, 6) is 0.100. The average Bonchev–Trinajstić information content (AvgIpc) is 2.51. The maximum absolute atomic E-state index is 12.2. The second-order valence-electron chi connectivity index (χ2n) is 4.89. The number of fused-ring (bicyclic) bond motifs is 1. The molecule has 0 radical (unpaired) electrons. The second-order valence-corrected chi connectivity index (χ2v) is 5.34. The molecule has 0 heterocycles. The lowest BCUT2D eigenvalue weighted by Crippen LogP contribution is -2.08. The predicted molar refractivity (Wildman–Crippen MR) is 87.3 cm³/mol. The summed E-state index contributed by atoms with van der Waals surface area (Å²) in [6, 6.07) is 18.9. The lowest BCUT2D eigenvalue weighted by atomic mass is 10.1. The van der Waals surface area contributed by atoms with Crippen LogP contribution >= 0.6 is 12.6 Å². The van der Waals surface area contributed by atoms with Crippen LogP contribution in [0.15, 0.2) is 65.6 Å². The van der Waals surface area contributed by atoms with E-state index in [1.54, 1.807) is 18.2 Å². The number of aryl methyl sites for hydroxylation is 1. The van der Waals surface area contributed by atoms with Gasteiger partial charge in [0.1, 0.15) is 5.75 Å². The van der Waals surface area contributed by atoms with Gasteiger partial charge in [-0.05, 0) is 35.9 Å². The fourth-order valence-electron chi connectivity index (χ4n) is 2.17. The quantitative estimate of drug-likeness (QED) is 0.423. The largest absolute Gasteiger partial charge is 0.422 e. The molecule has 21 heavy (non-hydrogen) atoms. The number of thiol groups is 1. The minimum atomic E-state index is -0.374. The number of hydrogen-bond donors (Lipinski definition) is 1. The van der Waals surface area contributed by atoms with Crippen LogP contribution in [0.1, 0.15) is 15.9 Å². The highest BCUT2D eigenvalue weighted by Gasteiger charge is 2.12. The van der Waals surface area contributed by atoms with Crippen LogP contribution in [0.5, 0.6) is 5.75 Å². The average molecular weight is 294 g/mol. The first kappa shape index (κ1) is 13.7. The van der Waals surface area contributed by atoms with E-state index in [0.29, 0.717) is 16.2 Å². The maximum Gasteiger partial charge on any atom is 0.343 e. The molecule has 0 aromatic heterocycles. The molecule has 0 spiro atoms. The molecular weight excluding hydrogens is 280 g/mol. The van der Waals surface area contributed by atoms with Crippen LogP contribution in [0, 0.1) is 6.92 Å². The Kier molecular flexibility index (Phi) is 3.67. The molecule has 0 aliphatic carbocycles. The van der Waals surface area contributed by atoms with Crippen LogP contribution in [0.25, 0.3) is 10.8 Å². The van der Waals surface area contributed by atoms with Crippen molar-refractivity contribution in [3.63, 3.8) is 0 Å². The lowest BCUT2D eigenvalue weighted by molar-refractivity contribution is 0.0731. The van der Waals surface area contributed by atoms with Gasteiger partial charge in [-0.1, -0.05) is 48.0 Å². The van der Waals surface area contributed by atoms with E-state index in [4.69, 9.17) is 4.74 Å². The van der Waals surface area contributed by atoms with Gasteiger partial charge in [-0.3, -0.25) is 0 Å². The van der Waals surface area contributed by atoms with Crippen LogP contribution < -0.4 is 4.74 Å². The third kappa shape index (κ3) is 2.78. The number of benzene rings is 3. The Morgan fingerprint density at radius 2 is 1.67 bits per heavy atom. The summed E-state index contributed by atoms with van der Waals surface area (Å²) in [4.78, 5) is 12.8. The number of hydrogen-bond acceptors (Lipinski definition) is 3. The molecule has 0 saturated heterocycles. The molecular formula is C18H14O2S. The topological polar surface area (TPSA) is 26.3 Å². The summed E-state index contributed by atoms with van der Waals surface area (Å²) in [5, 5.41) is 2.03. The van der Waals surface area contributed by atoms with Gasteiger partial charge in [-0.2, -0.15) is 0 Å². The van der Waals surface area contributed by atoms with E-state index in [-0.39, 0.29) is 5.97 Å². The number of esters is 1. The molecule has 3 aromatic rings. The Hall–Kier alpha value is -2.26. The normalized spacial score (nSPS) is 10.6. The molecule has 0 aliphatic heterocycles. The monoisotopic (exact) mass is 294 g/mol. The van der Waals surface area contributed by atoms with Gasteiger partial charge in [-0.25, -0.2) is 4.79 Å². The highest BCUT2D eigenvalue weighted by Crippen LogP contribution is 2.31. The van der Waals surface area contributed by atoms with Gasteiger partial charge >= 0.3 is 5.97 Å². The third-order valence-corrected chi connectivity index (χ3v) is 3.81. The maximum atomic E-state index is 12.2. The summed E-state index contributed by atoms with van der Waals surface area (Å²) >= 11 is 4.49. The van der Waals surface area contributed by atoms with Crippen molar-refractivity contribution < 1.29 is 9.53 Å². The van der Waals surface area contributed by atoms with Gasteiger partial charge in [0.15, 0.2) is 0 Å². The molecule has 3 heteroatoms. The van der Waals surface area contributed by atoms with E-state index in [9.17, 15) is 4.79 Å². The Bertz CT molecular complexity index is 807. The van der Waals surface area contributed by atoms with Crippen molar-refractivity contribution in [2.75, 3.05) is 0 Å². The predicted octanol–water partition coefficient (Wildman–Crippen LogP) is 4.66. The Morgan fingerprint density at radius 1 is 0.952 bits per heavy atom. The summed E-state index contributed by atoms with van der Waals surface area (Å²) in [5.41, 5.74) is 1.63. The Balaban J connectivity index is 1.93. The van der Waals surface area contributed by atoms with Crippen LogP contribution in [-0.2, 0) is 0 Å². The molecule has 0 aliphatic rings. The van der Waals surface area contributed by atoms with Crippen molar-refractivity contribution in [1.29, 1.82) is 0 Å². The first-order chi connectivity index (χ1) is 10.1. The molecule has 0 N–H and O–H groups in total. The third-order valence-electron chi connectivity index (χ3n) is 3.35. The van der Waals surface area contributed by atoms with Gasteiger partial charge in [0.25, 0.3) is 0 Å². The summed E-state index contributed by atoms with van der Waals surface area (Å²) < 4.78 is 5.46. The molecule has 0 unspecified atom stereocenters. The smallest absolute Gasteiger partial charge is 0.343 e. The Morgan fingerprint density at radius 3 is 2.43 bits per heavy atom. The van der Waals surface area contributed by atoms with Crippen LogP contribution in [0.4, 0.5) is 0 Å². The summed E-state index contributed by atoms with van der Waals surface area (Å²) in [7, 11) is 0. The molecule has 3 rings (SSSR count). The molecule has 0 amide bonds. The number of rotatable bonds is 2. The van der Waals surface area contributed by atoms with Crippen molar-refractivity contribution in [2.45, 2.75) is 11.8 Å². The standard InChI is InChI=1S/C18H14O2S/c1-12-6-8-14(9-7-12)18(19)20-16-11-10-13-4-2-3-5-15(13)17(16)21/h2-11,21H,1H3. The first-order valence-electron chi connectivity index (χ1n) is 6.65. The van der Waals surface area contributed by atoms with E-state index >= 15 is 0 Å². The zero-order chi connectivity index (χ0) is 14.8. The van der Waals surface area contributed by atoms with Crippen LogP contribution in [0.3, 0.4) is 0 Å². The molecule has 2 nitrogen and oxygen atoms in total. The highest BCUT2D eigenvalue weighted by molar-refractivity contribution is 7.80. The molecule has 0 atom stereocenters. The minimum absolute atomic E-state index is 0.374. The number of carbonyl (C=O) groups excluding carboxylic acids is 1. The van der Waals surface area contributed by atoms with E-state index in [1.807, 2.05) is 49.4 Å². The molecule has 0 bridgehead atoms. The van der Waals surface area contributed by atoms with Gasteiger partial charge in [0.2, 0.25) is 0 Å². The van der Waals surface area contributed by atoms with Gasteiger partial charge in [0, 0.05) is 0 Å². The second kappa shape index (κ2) is 5.62. The SMILES string of the molecule is Cc1ccc(C(=O)Oc2ccc3ccccc3c2S)cc1. The van der Waals surface area contributed by atoms with Crippen LogP contribution in [-0.4, -0.2) is 5.97 Å². The number of ether oxygens (including phenoxy) is 1. The fraction of sp³-hybridized carbons (Fsp3) is 0.0556. The number of carbonyl (C=O) groups is 1. The molecule has 3 aromatic carbocycles. The van der Waals surface area contributed by atoms with E-state index in [1.165, 1.54) is 0 Å². The van der Waals surface area contributed by atoms with Crippen molar-refractivity contribution in [1.82, 2.24) is 0 Å².